The number of hydrogen-bond donors (Lipinski definition) is 2. The summed E-state index contributed by atoms with van der Waals surface area (Å²) in [6, 6.07) is 28.5. The molecule has 0 aliphatic rings. The van der Waals surface area contributed by atoms with Gasteiger partial charge in [-0.3, -0.25) is 9.59 Å². The van der Waals surface area contributed by atoms with Gasteiger partial charge in [0, 0.05) is 32.5 Å². The Kier molecular flexibility index (Phi) is 7.43. The lowest BCUT2D eigenvalue weighted by Crippen LogP contribution is -2.11. The third-order valence-corrected chi connectivity index (χ3v) is 5.52. The minimum atomic E-state index is -0.190. The largest absolute Gasteiger partial charge is 0.322 e. The number of amides is 2. The summed E-state index contributed by atoms with van der Waals surface area (Å²) >= 11 is 11.7. The highest BCUT2D eigenvalue weighted by atomic mass is 35.5. The molecule has 6 heteroatoms. The molecule has 4 aromatic rings. The molecule has 34 heavy (non-hydrogen) atoms. The van der Waals surface area contributed by atoms with Crippen LogP contribution in [0.4, 0.5) is 11.4 Å². The van der Waals surface area contributed by atoms with E-state index < -0.39 is 0 Å². The number of halogens is 2. The van der Waals surface area contributed by atoms with Crippen molar-refractivity contribution in [2.45, 2.75) is 0 Å². The first-order valence-electron chi connectivity index (χ1n) is 10.5. The maximum atomic E-state index is 12.4. The summed E-state index contributed by atoms with van der Waals surface area (Å²) in [5.74, 6) is -0.379. The molecule has 0 aromatic heterocycles. The van der Waals surface area contributed by atoms with Crippen molar-refractivity contribution < 1.29 is 9.59 Å². The molecular formula is C28H20Cl2N2O2. The Morgan fingerprint density at radius 1 is 0.500 bits per heavy atom. The lowest BCUT2D eigenvalue weighted by molar-refractivity contribution is 0.101. The topological polar surface area (TPSA) is 58.2 Å². The van der Waals surface area contributed by atoms with Crippen LogP contribution in [0.25, 0.3) is 12.2 Å². The van der Waals surface area contributed by atoms with E-state index in [-0.39, 0.29) is 11.8 Å². The van der Waals surface area contributed by atoms with Gasteiger partial charge in [0.15, 0.2) is 0 Å². The van der Waals surface area contributed by atoms with Crippen molar-refractivity contribution in [3.63, 3.8) is 0 Å². The molecule has 4 aromatic carbocycles. The Labute approximate surface area is 207 Å². The third kappa shape index (κ3) is 6.35. The summed E-state index contributed by atoms with van der Waals surface area (Å²) in [6.07, 6.45) is 3.90. The number of anilines is 2. The predicted molar refractivity (Wildman–Crippen MR) is 141 cm³/mol. The normalized spacial score (nSPS) is 10.8. The van der Waals surface area contributed by atoms with Gasteiger partial charge in [-0.2, -0.15) is 0 Å². The molecular weight excluding hydrogens is 467 g/mol. The third-order valence-electron chi connectivity index (χ3n) is 5.02. The summed E-state index contributed by atoms with van der Waals surface area (Å²) < 4.78 is 0. The molecule has 0 saturated carbocycles. The summed E-state index contributed by atoms with van der Waals surface area (Å²) in [7, 11) is 0. The highest BCUT2D eigenvalue weighted by molar-refractivity contribution is 6.31. The first-order chi connectivity index (χ1) is 16.5. The van der Waals surface area contributed by atoms with E-state index in [4.69, 9.17) is 23.2 Å². The van der Waals surface area contributed by atoms with Gasteiger partial charge in [0.2, 0.25) is 0 Å². The SMILES string of the molecule is O=C(Nc1ccc(Cl)cc1)c1ccc(/C=C/c2ccc(C(=O)Nc3ccc(Cl)cc3)cc2)cc1. The Hall–Kier alpha value is -3.86. The molecule has 0 fully saturated rings. The van der Waals surface area contributed by atoms with Gasteiger partial charge in [-0.15, -0.1) is 0 Å². The molecule has 0 aliphatic carbocycles. The van der Waals surface area contributed by atoms with Crippen molar-refractivity contribution in [1.82, 2.24) is 0 Å². The predicted octanol–water partition coefficient (Wildman–Crippen LogP) is 7.67. The van der Waals surface area contributed by atoms with Gasteiger partial charge in [0.1, 0.15) is 0 Å². The average Bonchev–Trinajstić information content (AvgIpc) is 2.86. The average molecular weight is 487 g/mol. The quantitative estimate of drug-likeness (QED) is 0.274. The maximum absolute atomic E-state index is 12.4. The summed E-state index contributed by atoms with van der Waals surface area (Å²) in [6.45, 7) is 0. The number of benzene rings is 4. The van der Waals surface area contributed by atoms with E-state index in [0.29, 0.717) is 32.5 Å². The molecule has 0 saturated heterocycles. The number of nitrogens with one attached hydrogen (secondary N) is 2. The Morgan fingerprint density at radius 2 is 0.824 bits per heavy atom. The van der Waals surface area contributed by atoms with Crippen LogP contribution in [-0.2, 0) is 0 Å². The zero-order valence-corrected chi connectivity index (χ0v) is 19.5. The maximum Gasteiger partial charge on any atom is 0.255 e. The number of carbonyl (C=O) groups excluding carboxylic acids is 2. The van der Waals surface area contributed by atoms with Crippen molar-refractivity contribution in [3.8, 4) is 0 Å². The first-order valence-corrected chi connectivity index (χ1v) is 11.2. The Balaban J connectivity index is 1.34. The van der Waals surface area contributed by atoms with Crippen LogP contribution in [0.5, 0.6) is 0 Å². The summed E-state index contributed by atoms with van der Waals surface area (Å²) in [5.41, 5.74) is 4.39. The Morgan fingerprint density at radius 3 is 1.15 bits per heavy atom. The van der Waals surface area contributed by atoms with Gasteiger partial charge in [-0.25, -0.2) is 0 Å². The molecule has 0 unspecified atom stereocenters. The van der Waals surface area contributed by atoms with Crippen LogP contribution >= 0.6 is 23.2 Å². The van der Waals surface area contributed by atoms with Gasteiger partial charge >= 0.3 is 0 Å². The van der Waals surface area contributed by atoms with E-state index in [0.717, 1.165) is 11.1 Å². The van der Waals surface area contributed by atoms with Crippen LogP contribution in [0, 0.1) is 0 Å². The van der Waals surface area contributed by atoms with E-state index >= 15 is 0 Å². The van der Waals surface area contributed by atoms with Gasteiger partial charge < -0.3 is 10.6 Å². The molecule has 0 bridgehead atoms. The molecule has 0 spiro atoms. The molecule has 4 nitrogen and oxygen atoms in total. The molecule has 2 N–H and O–H groups in total. The minimum absolute atomic E-state index is 0.190. The van der Waals surface area contributed by atoms with E-state index in [1.807, 2.05) is 36.4 Å². The summed E-state index contributed by atoms with van der Waals surface area (Å²) in [5, 5.41) is 6.91. The fourth-order valence-electron chi connectivity index (χ4n) is 3.16. The smallest absolute Gasteiger partial charge is 0.255 e. The molecule has 168 valence electrons. The second-order valence-electron chi connectivity index (χ2n) is 7.50. The lowest BCUT2D eigenvalue weighted by atomic mass is 10.1. The van der Waals surface area contributed by atoms with Crippen LogP contribution in [-0.4, -0.2) is 11.8 Å². The molecule has 0 radical (unpaired) electrons. The highest BCUT2D eigenvalue weighted by Gasteiger charge is 2.07. The van der Waals surface area contributed by atoms with Crippen molar-refractivity contribution in [1.29, 1.82) is 0 Å². The van der Waals surface area contributed by atoms with E-state index in [2.05, 4.69) is 10.6 Å². The van der Waals surface area contributed by atoms with Crippen molar-refractivity contribution in [3.05, 3.63) is 129 Å². The first kappa shape index (κ1) is 23.3. The zero-order valence-electron chi connectivity index (χ0n) is 18.0. The number of rotatable bonds is 6. The van der Waals surface area contributed by atoms with E-state index in [1.165, 1.54) is 0 Å². The van der Waals surface area contributed by atoms with Gasteiger partial charge in [-0.05, 0) is 83.9 Å². The van der Waals surface area contributed by atoms with Crippen molar-refractivity contribution >= 4 is 58.5 Å². The number of hydrogen-bond acceptors (Lipinski definition) is 2. The molecule has 0 atom stereocenters. The van der Waals surface area contributed by atoms with Gasteiger partial charge in [0.05, 0.1) is 0 Å². The number of carbonyl (C=O) groups is 2. The van der Waals surface area contributed by atoms with E-state index in [1.54, 1.807) is 72.8 Å². The fourth-order valence-corrected chi connectivity index (χ4v) is 3.41. The van der Waals surface area contributed by atoms with Crippen LogP contribution < -0.4 is 10.6 Å². The standard InChI is InChI=1S/C28H20Cl2N2O2/c29-23-11-15-25(16-12-23)31-27(33)21-7-3-19(4-8-21)1-2-20-5-9-22(10-6-20)28(34)32-26-17-13-24(30)14-18-26/h1-18H,(H,31,33)(H,32,34)/b2-1+. The fraction of sp³-hybridized carbons (Fsp3) is 0. The molecule has 0 aliphatic heterocycles. The Bertz CT molecular complexity index is 1210. The highest BCUT2D eigenvalue weighted by Crippen LogP contribution is 2.17. The van der Waals surface area contributed by atoms with Crippen LogP contribution in [0.2, 0.25) is 10.0 Å². The van der Waals surface area contributed by atoms with Crippen molar-refractivity contribution in [2.24, 2.45) is 0 Å². The lowest BCUT2D eigenvalue weighted by Gasteiger charge is -2.06. The second kappa shape index (κ2) is 10.8. The minimum Gasteiger partial charge on any atom is -0.322 e. The molecule has 4 rings (SSSR count). The monoisotopic (exact) mass is 486 g/mol. The van der Waals surface area contributed by atoms with Gasteiger partial charge in [0.25, 0.3) is 11.8 Å². The van der Waals surface area contributed by atoms with Crippen LogP contribution in [0.15, 0.2) is 97.1 Å². The molecule has 2 amide bonds. The molecule has 0 heterocycles. The zero-order chi connectivity index (χ0) is 23.9. The van der Waals surface area contributed by atoms with E-state index in [9.17, 15) is 9.59 Å². The van der Waals surface area contributed by atoms with Crippen LogP contribution in [0.1, 0.15) is 31.8 Å². The van der Waals surface area contributed by atoms with Crippen LogP contribution in [0.3, 0.4) is 0 Å². The van der Waals surface area contributed by atoms with Crippen molar-refractivity contribution in [2.75, 3.05) is 10.6 Å². The summed E-state index contributed by atoms with van der Waals surface area (Å²) in [4.78, 5) is 24.8. The van der Waals surface area contributed by atoms with Gasteiger partial charge in [-0.1, -0.05) is 59.6 Å². The second-order valence-corrected chi connectivity index (χ2v) is 8.37.